The second kappa shape index (κ2) is 9.06. The molecule has 0 spiro atoms. The van der Waals surface area contributed by atoms with Gasteiger partial charge in [0, 0.05) is 11.3 Å². The van der Waals surface area contributed by atoms with Crippen molar-refractivity contribution in [3.05, 3.63) is 41.1 Å². The molecule has 1 aliphatic rings. The molecule has 3 N–H and O–H groups in total. The van der Waals surface area contributed by atoms with Gasteiger partial charge in [0.1, 0.15) is 5.76 Å². The average Bonchev–Trinajstić information content (AvgIpc) is 3.29. The number of nitrogens with one attached hydrogen (secondary N) is 3. The SMILES string of the molecule is Cc1cc2c(NC(=O)c3ncoc3C3CCNCC3)n[nH]c2cc1C#N.Cl.Cl. The number of nitriles is 1. The van der Waals surface area contributed by atoms with E-state index in [9.17, 15) is 4.79 Å². The number of aryl methyl sites for hydroxylation is 1. The Morgan fingerprint density at radius 3 is 2.79 bits per heavy atom. The second-order valence-electron chi connectivity index (χ2n) is 6.44. The molecule has 1 amide bonds. The topological polar surface area (TPSA) is 120 Å². The van der Waals surface area contributed by atoms with Crippen molar-refractivity contribution in [3.8, 4) is 6.07 Å². The zero-order valence-electron chi connectivity index (χ0n) is 15.1. The number of rotatable bonds is 3. The van der Waals surface area contributed by atoms with Gasteiger partial charge in [-0.1, -0.05) is 0 Å². The number of carbonyl (C=O) groups is 1. The Bertz CT molecular complexity index is 1020. The summed E-state index contributed by atoms with van der Waals surface area (Å²) in [7, 11) is 0. The van der Waals surface area contributed by atoms with Crippen molar-refractivity contribution < 1.29 is 9.21 Å². The van der Waals surface area contributed by atoms with Crippen molar-refractivity contribution in [2.75, 3.05) is 18.4 Å². The number of anilines is 1. The minimum Gasteiger partial charge on any atom is -0.447 e. The smallest absolute Gasteiger partial charge is 0.279 e. The van der Waals surface area contributed by atoms with Crippen molar-refractivity contribution in [2.45, 2.75) is 25.7 Å². The van der Waals surface area contributed by atoms with E-state index in [0.29, 0.717) is 28.4 Å². The number of nitrogens with zero attached hydrogens (tertiary/aromatic N) is 3. The Hall–Kier alpha value is -2.60. The second-order valence-corrected chi connectivity index (χ2v) is 6.44. The fourth-order valence-electron chi connectivity index (χ4n) is 3.35. The molecule has 0 bridgehead atoms. The normalized spacial score (nSPS) is 14.0. The number of carbonyl (C=O) groups excluding carboxylic acids is 1. The summed E-state index contributed by atoms with van der Waals surface area (Å²) in [6.45, 7) is 3.65. The largest absolute Gasteiger partial charge is 0.447 e. The van der Waals surface area contributed by atoms with Gasteiger partial charge in [-0.3, -0.25) is 9.89 Å². The van der Waals surface area contributed by atoms with E-state index in [4.69, 9.17) is 9.68 Å². The summed E-state index contributed by atoms with van der Waals surface area (Å²) in [4.78, 5) is 16.8. The molecular formula is C18H20Cl2N6O2. The molecular weight excluding hydrogens is 403 g/mol. The summed E-state index contributed by atoms with van der Waals surface area (Å²) in [5.74, 6) is 0.891. The van der Waals surface area contributed by atoms with Gasteiger partial charge in [-0.15, -0.1) is 24.8 Å². The summed E-state index contributed by atoms with van der Waals surface area (Å²) in [5, 5.41) is 23.0. The van der Waals surface area contributed by atoms with Crippen LogP contribution in [0.3, 0.4) is 0 Å². The lowest BCUT2D eigenvalue weighted by Crippen LogP contribution is -2.27. The van der Waals surface area contributed by atoms with Gasteiger partial charge in [0.05, 0.1) is 17.1 Å². The van der Waals surface area contributed by atoms with E-state index in [1.807, 2.05) is 13.0 Å². The molecule has 0 saturated carbocycles. The van der Waals surface area contributed by atoms with Crippen LogP contribution in [-0.2, 0) is 0 Å². The monoisotopic (exact) mass is 422 g/mol. The maximum atomic E-state index is 12.7. The molecule has 8 nitrogen and oxygen atoms in total. The molecule has 1 aliphatic heterocycles. The number of aromatic nitrogens is 3. The maximum absolute atomic E-state index is 12.7. The highest BCUT2D eigenvalue weighted by Gasteiger charge is 2.26. The van der Waals surface area contributed by atoms with Crippen molar-refractivity contribution in [1.29, 1.82) is 5.26 Å². The number of aromatic amines is 1. The molecule has 4 rings (SSSR count). The lowest BCUT2D eigenvalue weighted by atomic mass is 9.94. The highest BCUT2D eigenvalue weighted by atomic mass is 35.5. The van der Waals surface area contributed by atoms with Crippen molar-refractivity contribution in [3.63, 3.8) is 0 Å². The van der Waals surface area contributed by atoms with Crippen molar-refractivity contribution in [2.24, 2.45) is 0 Å². The summed E-state index contributed by atoms with van der Waals surface area (Å²) < 4.78 is 5.52. The highest BCUT2D eigenvalue weighted by Crippen LogP contribution is 2.29. The first-order chi connectivity index (χ1) is 12.7. The van der Waals surface area contributed by atoms with Crippen LogP contribution in [-0.4, -0.2) is 34.2 Å². The third-order valence-corrected chi connectivity index (χ3v) is 4.78. The summed E-state index contributed by atoms with van der Waals surface area (Å²) in [6.07, 6.45) is 3.14. The molecule has 3 heterocycles. The van der Waals surface area contributed by atoms with Crippen LogP contribution in [0.15, 0.2) is 22.9 Å². The highest BCUT2D eigenvalue weighted by molar-refractivity contribution is 6.07. The van der Waals surface area contributed by atoms with E-state index in [2.05, 4.69) is 31.9 Å². The number of H-pyrrole nitrogens is 1. The lowest BCUT2D eigenvalue weighted by Gasteiger charge is -2.20. The Labute approximate surface area is 173 Å². The first-order valence-corrected chi connectivity index (χ1v) is 8.51. The number of amides is 1. The quantitative estimate of drug-likeness (QED) is 0.595. The standard InChI is InChI=1S/C18H18N6O2.2ClH/c1-10-6-13-14(7-12(10)8-19)23-24-17(13)22-18(25)15-16(26-9-21-15)11-2-4-20-5-3-11;;/h6-7,9,11,20H,2-5H2,1H3,(H2,22,23,24,25);2*1H. The Morgan fingerprint density at radius 1 is 1.32 bits per heavy atom. The van der Waals surface area contributed by atoms with Crippen LogP contribution in [0.4, 0.5) is 5.82 Å². The zero-order valence-corrected chi connectivity index (χ0v) is 16.7. The number of piperidine rings is 1. The zero-order chi connectivity index (χ0) is 18.1. The van der Waals surface area contributed by atoms with Crippen molar-refractivity contribution >= 4 is 47.4 Å². The van der Waals surface area contributed by atoms with Gasteiger partial charge in [0.2, 0.25) is 0 Å². The first-order valence-electron chi connectivity index (χ1n) is 8.51. The van der Waals surface area contributed by atoms with E-state index in [0.717, 1.165) is 36.9 Å². The Kier molecular flexibility index (Phi) is 7.02. The van der Waals surface area contributed by atoms with Crippen LogP contribution in [0.1, 0.15) is 46.1 Å². The minimum absolute atomic E-state index is 0. The summed E-state index contributed by atoms with van der Waals surface area (Å²) in [6, 6.07) is 5.70. The van der Waals surface area contributed by atoms with E-state index < -0.39 is 0 Å². The number of fused-ring (bicyclic) bond motifs is 1. The number of hydrogen-bond acceptors (Lipinski definition) is 6. The van der Waals surface area contributed by atoms with Gasteiger partial charge in [0.25, 0.3) is 5.91 Å². The molecule has 0 aliphatic carbocycles. The van der Waals surface area contributed by atoms with Crippen LogP contribution in [0, 0.1) is 18.3 Å². The molecule has 2 aromatic heterocycles. The van der Waals surface area contributed by atoms with Gasteiger partial charge in [-0.2, -0.15) is 10.4 Å². The van der Waals surface area contributed by atoms with E-state index in [1.165, 1.54) is 6.39 Å². The molecule has 148 valence electrons. The number of halogens is 2. The van der Waals surface area contributed by atoms with Crippen LogP contribution in [0.25, 0.3) is 10.9 Å². The molecule has 1 aromatic carbocycles. The van der Waals surface area contributed by atoms with Gasteiger partial charge in [0.15, 0.2) is 17.9 Å². The Balaban J connectivity index is 0.00000140. The lowest BCUT2D eigenvalue weighted by molar-refractivity contribution is 0.101. The van der Waals surface area contributed by atoms with Crippen LogP contribution in [0.2, 0.25) is 0 Å². The molecule has 1 fully saturated rings. The minimum atomic E-state index is -0.345. The number of hydrogen-bond donors (Lipinski definition) is 3. The van der Waals surface area contributed by atoms with Crippen LogP contribution < -0.4 is 10.6 Å². The van der Waals surface area contributed by atoms with Gasteiger partial charge < -0.3 is 15.1 Å². The van der Waals surface area contributed by atoms with Crippen molar-refractivity contribution in [1.82, 2.24) is 20.5 Å². The molecule has 10 heteroatoms. The van der Waals surface area contributed by atoms with E-state index in [-0.39, 0.29) is 36.6 Å². The third kappa shape index (κ3) is 3.97. The van der Waals surface area contributed by atoms with Crippen LogP contribution in [0.5, 0.6) is 0 Å². The first kappa shape index (κ1) is 21.7. The molecule has 28 heavy (non-hydrogen) atoms. The predicted octanol–water partition coefficient (Wildman–Crippen LogP) is 3.29. The summed E-state index contributed by atoms with van der Waals surface area (Å²) >= 11 is 0. The summed E-state index contributed by atoms with van der Waals surface area (Å²) in [5.41, 5.74) is 2.40. The predicted molar refractivity (Wildman–Crippen MR) is 109 cm³/mol. The third-order valence-electron chi connectivity index (χ3n) is 4.78. The maximum Gasteiger partial charge on any atom is 0.279 e. The fourth-order valence-corrected chi connectivity index (χ4v) is 3.35. The number of oxazole rings is 1. The van der Waals surface area contributed by atoms with E-state index in [1.54, 1.807) is 6.07 Å². The van der Waals surface area contributed by atoms with Gasteiger partial charge in [-0.25, -0.2) is 4.98 Å². The van der Waals surface area contributed by atoms with Gasteiger partial charge >= 0.3 is 0 Å². The molecule has 0 radical (unpaired) electrons. The van der Waals surface area contributed by atoms with Gasteiger partial charge in [-0.05, 0) is 50.6 Å². The fraction of sp³-hybridized carbons (Fsp3) is 0.333. The molecule has 0 atom stereocenters. The van der Waals surface area contributed by atoms with E-state index >= 15 is 0 Å². The average molecular weight is 423 g/mol. The molecule has 0 unspecified atom stereocenters. The molecule has 3 aromatic rings. The Morgan fingerprint density at radius 2 is 2.07 bits per heavy atom. The van der Waals surface area contributed by atoms with Crippen LogP contribution >= 0.6 is 24.8 Å². The number of benzene rings is 1. The molecule has 1 saturated heterocycles.